The van der Waals surface area contributed by atoms with Crippen LogP contribution in [0.1, 0.15) is 11.1 Å². The van der Waals surface area contributed by atoms with Gasteiger partial charge < -0.3 is 4.90 Å². The van der Waals surface area contributed by atoms with Crippen molar-refractivity contribution in [3.63, 3.8) is 0 Å². The van der Waals surface area contributed by atoms with Crippen LogP contribution >= 0.6 is 0 Å². The lowest BCUT2D eigenvalue weighted by molar-refractivity contribution is 0.598. The van der Waals surface area contributed by atoms with Crippen LogP contribution in [0.3, 0.4) is 0 Å². The maximum Gasteiger partial charge on any atom is 0.283 e. The summed E-state index contributed by atoms with van der Waals surface area (Å²) in [6.07, 6.45) is 0.539. The standard InChI is InChI=1S/C16H16N2O2S/c1-12-7-9-14(10-8-12)21(19,20)17-16-11-13-5-3-4-6-15(13)18(16)2/h3-10H,11H2,1-2H3. The molecule has 0 radical (unpaired) electrons. The molecule has 0 saturated heterocycles. The maximum absolute atomic E-state index is 12.4. The first-order valence-corrected chi connectivity index (χ1v) is 8.13. The summed E-state index contributed by atoms with van der Waals surface area (Å²) in [6.45, 7) is 1.92. The smallest absolute Gasteiger partial charge is 0.283 e. The van der Waals surface area contributed by atoms with Gasteiger partial charge in [-0.1, -0.05) is 35.9 Å². The highest BCUT2D eigenvalue weighted by Crippen LogP contribution is 2.28. The molecule has 2 aromatic carbocycles. The summed E-state index contributed by atoms with van der Waals surface area (Å²) in [5.74, 6) is 0.553. The lowest BCUT2D eigenvalue weighted by Gasteiger charge is -2.13. The molecule has 0 unspecified atom stereocenters. The highest BCUT2D eigenvalue weighted by molar-refractivity contribution is 7.90. The molecule has 0 spiro atoms. The lowest BCUT2D eigenvalue weighted by atomic mass is 10.2. The zero-order valence-electron chi connectivity index (χ0n) is 11.9. The second-order valence-corrected chi connectivity index (χ2v) is 6.76. The van der Waals surface area contributed by atoms with Gasteiger partial charge >= 0.3 is 0 Å². The van der Waals surface area contributed by atoms with E-state index in [9.17, 15) is 8.42 Å². The molecule has 3 rings (SSSR count). The Balaban J connectivity index is 1.98. The fourth-order valence-electron chi connectivity index (χ4n) is 2.41. The van der Waals surface area contributed by atoms with Crippen LogP contribution in [0.25, 0.3) is 0 Å². The molecule has 108 valence electrons. The SMILES string of the molecule is Cc1ccc(S(=O)(=O)N=C2Cc3ccccc3N2C)cc1. The molecule has 0 fully saturated rings. The van der Waals surface area contributed by atoms with Crippen LogP contribution < -0.4 is 4.90 Å². The van der Waals surface area contributed by atoms with Gasteiger partial charge in [-0.15, -0.1) is 4.40 Å². The first kappa shape index (κ1) is 13.8. The normalized spacial score (nSPS) is 16.3. The minimum absolute atomic E-state index is 0.227. The van der Waals surface area contributed by atoms with E-state index in [1.54, 1.807) is 24.3 Å². The van der Waals surface area contributed by atoms with Gasteiger partial charge in [0, 0.05) is 19.2 Å². The van der Waals surface area contributed by atoms with Gasteiger partial charge in [-0.05, 0) is 30.7 Å². The fraction of sp³-hybridized carbons (Fsp3) is 0.188. The zero-order chi connectivity index (χ0) is 15.0. The molecular formula is C16H16N2O2S. The molecule has 1 aliphatic rings. The molecule has 0 saturated carbocycles. The number of aryl methyl sites for hydroxylation is 1. The molecule has 21 heavy (non-hydrogen) atoms. The van der Waals surface area contributed by atoms with Crippen molar-refractivity contribution in [1.82, 2.24) is 0 Å². The van der Waals surface area contributed by atoms with Crippen molar-refractivity contribution in [2.24, 2.45) is 4.40 Å². The minimum atomic E-state index is -3.66. The average molecular weight is 300 g/mol. The molecule has 0 atom stereocenters. The molecule has 4 nitrogen and oxygen atoms in total. The predicted molar refractivity (Wildman–Crippen MR) is 84.3 cm³/mol. The third-order valence-electron chi connectivity index (χ3n) is 3.63. The predicted octanol–water partition coefficient (Wildman–Crippen LogP) is 2.77. The molecule has 0 bridgehead atoms. The highest BCUT2D eigenvalue weighted by Gasteiger charge is 2.24. The number of nitrogens with zero attached hydrogens (tertiary/aromatic N) is 2. The topological polar surface area (TPSA) is 49.7 Å². The monoisotopic (exact) mass is 300 g/mol. The second-order valence-electron chi connectivity index (χ2n) is 5.16. The van der Waals surface area contributed by atoms with Gasteiger partial charge in [0.25, 0.3) is 10.0 Å². The van der Waals surface area contributed by atoms with Gasteiger partial charge in [0.1, 0.15) is 5.84 Å². The Morgan fingerprint density at radius 2 is 1.71 bits per heavy atom. The summed E-state index contributed by atoms with van der Waals surface area (Å²) in [5, 5.41) is 0. The molecule has 1 aliphatic heterocycles. The molecule has 1 heterocycles. The molecule has 0 amide bonds. The van der Waals surface area contributed by atoms with E-state index in [1.165, 1.54) is 0 Å². The highest BCUT2D eigenvalue weighted by atomic mass is 32.2. The molecular weight excluding hydrogens is 284 g/mol. The van der Waals surface area contributed by atoms with Crippen LogP contribution in [0, 0.1) is 6.92 Å². The van der Waals surface area contributed by atoms with Crippen molar-refractivity contribution < 1.29 is 8.42 Å². The van der Waals surface area contributed by atoms with Crippen molar-refractivity contribution >= 4 is 21.5 Å². The number of likely N-dealkylation sites (N-methyl/N-ethyl adjacent to an activating group) is 1. The van der Waals surface area contributed by atoms with E-state index in [1.807, 2.05) is 43.1 Å². The van der Waals surface area contributed by atoms with Crippen molar-refractivity contribution in [3.8, 4) is 0 Å². The van der Waals surface area contributed by atoms with E-state index in [2.05, 4.69) is 4.40 Å². The Morgan fingerprint density at radius 3 is 2.38 bits per heavy atom. The number of hydrogen-bond donors (Lipinski definition) is 0. The Bertz CT molecular complexity index is 808. The first-order valence-electron chi connectivity index (χ1n) is 6.69. The quantitative estimate of drug-likeness (QED) is 0.857. The molecule has 2 aromatic rings. The summed E-state index contributed by atoms with van der Waals surface area (Å²) >= 11 is 0. The minimum Gasteiger partial charge on any atom is -0.332 e. The summed E-state index contributed by atoms with van der Waals surface area (Å²) in [5.41, 5.74) is 3.13. The molecule has 0 aromatic heterocycles. The number of hydrogen-bond acceptors (Lipinski definition) is 2. The van der Waals surface area contributed by atoms with E-state index in [0.717, 1.165) is 16.8 Å². The Hall–Kier alpha value is -2.14. The van der Waals surface area contributed by atoms with Crippen LogP contribution in [-0.4, -0.2) is 21.3 Å². The fourth-order valence-corrected chi connectivity index (χ4v) is 3.46. The number of rotatable bonds is 2. The number of amidine groups is 1. The van der Waals surface area contributed by atoms with Crippen LogP contribution in [0.5, 0.6) is 0 Å². The largest absolute Gasteiger partial charge is 0.332 e. The van der Waals surface area contributed by atoms with Gasteiger partial charge in [-0.3, -0.25) is 0 Å². The van der Waals surface area contributed by atoms with Crippen molar-refractivity contribution in [1.29, 1.82) is 0 Å². The van der Waals surface area contributed by atoms with Crippen molar-refractivity contribution in [3.05, 3.63) is 59.7 Å². The van der Waals surface area contributed by atoms with Crippen LogP contribution in [0.2, 0.25) is 0 Å². The second kappa shape index (κ2) is 5.00. The van der Waals surface area contributed by atoms with Gasteiger partial charge in [-0.25, -0.2) is 0 Å². The number of fused-ring (bicyclic) bond motifs is 1. The van der Waals surface area contributed by atoms with Gasteiger partial charge in [0.15, 0.2) is 0 Å². The van der Waals surface area contributed by atoms with E-state index in [-0.39, 0.29) is 4.90 Å². The first-order chi connectivity index (χ1) is 9.97. The molecule has 5 heteroatoms. The van der Waals surface area contributed by atoms with Gasteiger partial charge in [0.05, 0.1) is 4.90 Å². The number of benzene rings is 2. The Labute approximate surface area is 124 Å². The van der Waals surface area contributed by atoms with Gasteiger partial charge in [0.2, 0.25) is 0 Å². The number of sulfonamides is 1. The Kier molecular flexibility index (Phi) is 3.29. The van der Waals surface area contributed by atoms with E-state index >= 15 is 0 Å². The zero-order valence-corrected chi connectivity index (χ0v) is 12.8. The van der Waals surface area contributed by atoms with E-state index < -0.39 is 10.0 Å². The third kappa shape index (κ3) is 2.56. The van der Waals surface area contributed by atoms with Gasteiger partial charge in [-0.2, -0.15) is 8.42 Å². The number of anilines is 1. The lowest BCUT2D eigenvalue weighted by Crippen LogP contribution is -2.23. The van der Waals surface area contributed by atoms with Crippen LogP contribution in [-0.2, 0) is 16.4 Å². The maximum atomic E-state index is 12.4. The molecule has 0 aliphatic carbocycles. The third-order valence-corrected chi connectivity index (χ3v) is 4.95. The summed E-state index contributed by atoms with van der Waals surface area (Å²) < 4.78 is 28.8. The van der Waals surface area contributed by atoms with Crippen molar-refractivity contribution in [2.75, 3.05) is 11.9 Å². The Morgan fingerprint density at radius 1 is 1.05 bits per heavy atom. The number of para-hydroxylation sites is 1. The van der Waals surface area contributed by atoms with Crippen molar-refractivity contribution in [2.45, 2.75) is 18.2 Å². The molecule has 0 N–H and O–H groups in total. The summed E-state index contributed by atoms with van der Waals surface area (Å²) in [6, 6.07) is 14.6. The van der Waals surface area contributed by atoms with E-state index in [4.69, 9.17) is 0 Å². The summed E-state index contributed by atoms with van der Waals surface area (Å²) in [7, 11) is -1.82. The van der Waals surface area contributed by atoms with Crippen LogP contribution in [0.4, 0.5) is 5.69 Å². The average Bonchev–Trinajstić information content (AvgIpc) is 2.76. The van der Waals surface area contributed by atoms with E-state index in [0.29, 0.717) is 12.3 Å². The van der Waals surface area contributed by atoms with Crippen LogP contribution in [0.15, 0.2) is 57.8 Å². The summed E-state index contributed by atoms with van der Waals surface area (Å²) in [4.78, 5) is 2.06.